The first-order chi connectivity index (χ1) is 14.0. The van der Waals surface area contributed by atoms with Gasteiger partial charge in [0.15, 0.2) is 11.5 Å². The molecule has 1 aliphatic heterocycles. The van der Waals surface area contributed by atoms with E-state index >= 15 is 0 Å². The van der Waals surface area contributed by atoms with Crippen LogP contribution in [0.3, 0.4) is 0 Å². The van der Waals surface area contributed by atoms with E-state index in [4.69, 9.17) is 14.2 Å². The third-order valence-electron chi connectivity index (χ3n) is 7.36. The van der Waals surface area contributed by atoms with Crippen molar-refractivity contribution in [2.75, 3.05) is 33.9 Å². The quantitative estimate of drug-likeness (QED) is 0.568. The van der Waals surface area contributed by atoms with E-state index in [2.05, 4.69) is 37.8 Å². The lowest BCUT2D eigenvalue weighted by Crippen LogP contribution is -2.46. The fraction of sp³-hybridized carbons (Fsp3) is 0.760. The van der Waals surface area contributed by atoms with Crippen molar-refractivity contribution < 1.29 is 14.2 Å². The second-order valence-electron chi connectivity index (χ2n) is 9.35. The lowest BCUT2D eigenvalue weighted by atomic mass is 9.84. The summed E-state index contributed by atoms with van der Waals surface area (Å²) in [5.41, 5.74) is 1.24. The molecule has 4 atom stereocenters. The summed E-state index contributed by atoms with van der Waals surface area (Å²) >= 11 is 0. The molecule has 2 fully saturated rings. The Bertz CT molecular complexity index is 632. The first kappa shape index (κ1) is 22.4. The molecule has 29 heavy (non-hydrogen) atoms. The lowest BCUT2D eigenvalue weighted by molar-refractivity contribution is -0.0306. The molecule has 1 saturated carbocycles. The van der Waals surface area contributed by atoms with Crippen LogP contribution in [-0.2, 0) is 11.2 Å². The molecule has 4 nitrogen and oxygen atoms in total. The fourth-order valence-electron chi connectivity index (χ4n) is 5.14. The van der Waals surface area contributed by atoms with Crippen LogP contribution >= 0.6 is 0 Å². The lowest BCUT2D eigenvalue weighted by Gasteiger charge is -2.38. The van der Waals surface area contributed by atoms with Gasteiger partial charge in [-0.3, -0.25) is 4.90 Å². The minimum Gasteiger partial charge on any atom is -0.493 e. The molecule has 0 spiro atoms. The predicted molar refractivity (Wildman–Crippen MR) is 119 cm³/mol. The summed E-state index contributed by atoms with van der Waals surface area (Å²) in [6.45, 7) is 10.5. The minimum absolute atomic E-state index is 0.386. The molecule has 0 radical (unpaired) electrons. The van der Waals surface area contributed by atoms with Gasteiger partial charge in [-0.1, -0.05) is 39.7 Å². The maximum atomic E-state index is 6.47. The molecule has 1 unspecified atom stereocenters. The molecule has 1 saturated heterocycles. The van der Waals surface area contributed by atoms with Gasteiger partial charge < -0.3 is 14.2 Å². The van der Waals surface area contributed by atoms with Crippen LogP contribution < -0.4 is 9.47 Å². The molecular formula is C25H41NO3. The van der Waals surface area contributed by atoms with Gasteiger partial charge in [-0.2, -0.15) is 0 Å². The van der Waals surface area contributed by atoms with Crippen molar-refractivity contribution in [2.45, 2.75) is 71.4 Å². The first-order valence-electron chi connectivity index (χ1n) is 11.6. The Morgan fingerprint density at radius 2 is 1.76 bits per heavy atom. The number of hydrogen-bond acceptors (Lipinski definition) is 4. The summed E-state index contributed by atoms with van der Waals surface area (Å²) in [6, 6.07) is 6.77. The van der Waals surface area contributed by atoms with Gasteiger partial charge in [0.2, 0.25) is 0 Å². The summed E-state index contributed by atoms with van der Waals surface area (Å²) in [5.74, 6) is 4.02. The average molecular weight is 404 g/mol. The highest BCUT2D eigenvalue weighted by atomic mass is 16.5. The predicted octanol–water partition coefficient (Wildman–Crippen LogP) is 5.19. The van der Waals surface area contributed by atoms with E-state index in [9.17, 15) is 0 Å². The fourth-order valence-corrected chi connectivity index (χ4v) is 5.14. The molecule has 1 aromatic carbocycles. The zero-order chi connectivity index (χ0) is 20.8. The highest BCUT2D eigenvalue weighted by molar-refractivity contribution is 5.42. The second kappa shape index (κ2) is 10.7. The molecule has 4 heteroatoms. The molecule has 1 aliphatic carbocycles. The smallest absolute Gasteiger partial charge is 0.160 e. The van der Waals surface area contributed by atoms with Crippen molar-refractivity contribution in [1.82, 2.24) is 4.90 Å². The topological polar surface area (TPSA) is 30.9 Å². The van der Waals surface area contributed by atoms with Crippen LogP contribution in [-0.4, -0.2) is 51.0 Å². The molecule has 1 heterocycles. The van der Waals surface area contributed by atoms with Crippen LogP contribution in [0.1, 0.15) is 58.4 Å². The van der Waals surface area contributed by atoms with Crippen LogP contribution in [0.5, 0.6) is 11.5 Å². The summed E-state index contributed by atoms with van der Waals surface area (Å²) in [5, 5.41) is 0. The zero-order valence-electron chi connectivity index (χ0n) is 19.2. The third kappa shape index (κ3) is 5.67. The summed E-state index contributed by atoms with van der Waals surface area (Å²) in [7, 11) is 3.36. The van der Waals surface area contributed by atoms with Gasteiger partial charge in [0.05, 0.1) is 26.9 Å². The third-order valence-corrected chi connectivity index (χ3v) is 7.36. The summed E-state index contributed by atoms with van der Waals surface area (Å²) in [4.78, 5) is 2.75. The highest BCUT2D eigenvalue weighted by Gasteiger charge is 2.37. The van der Waals surface area contributed by atoms with E-state index in [1.807, 2.05) is 6.07 Å². The Labute approximate surface area is 177 Å². The minimum atomic E-state index is 0.386. The van der Waals surface area contributed by atoms with Crippen molar-refractivity contribution in [1.29, 1.82) is 0 Å². The van der Waals surface area contributed by atoms with Crippen molar-refractivity contribution in [2.24, 2.45) is 17.8 Å². The van der Waals surface area contributed by atoms with E-state index in [1.165, 1.54) is 50.8 Å². The number of hydrogen-bond donors (Lipinski definition) is 0. The van der Waals surface area contributed by atoms with Crippen LogP contribution in [0.15, 0.2) is 18.2 Å². The normalized spacial score (nSPS) is 26.6. The molecule has 0 N–H and O–H groups in total. The first-order valence-corrected chi connectivity index (χ1v) is 11.6. The molecule has 0 bridgehead atoms. The van der Waals surface area contributed by atoms with E-state index < -0.39 is 0 Å². The van der Waals surface area contributed by atoms with Gasteiger partial charge >= 0.3 is 0 Å². The van der Waals surface area contributed by atoms with E-state index in [0.29, 0.717) is 12.1 Å². The molecule has 3 rings (SSSR count). The molecular weight excluding hydrogens is 362 g/mol. The van der Waals surface area contributed by atoms with Crippen LogP contribution in [0.4, 0.5) is 0 Å². The zero-order valence-corrected chi connectivity index (χ0v) is 19.2. The van der Waals surface area contributed by atoms with E-state index in [-0.39, 0.29) is 0 Å². The van der Waals surface area contributed by atoms with Crippen LogP contribution in [0, 0.1) is 17.8 Å². The van der Waals surface area contributed by atoms with Crippen molar-refractivity contribution in [3.63, 3.8) is 0 Å². The summed E-state index contributed by atoms with van der Waals surface area (Å²) < 4.78 is 17.2. The SMILES string of the molecule is COc1ccc(CCO[C@@H]2CCCC[C@H]2N2CC[C@@H](C(C)C(C)C)C2)cc1OC. The van der Waals surface area contributed by atoms with Gasteiger partial charge in [-0.25, -0.2) is 0 Å². The average Bonchev–Trinajstić information content (AvgIpc) is 3.23. The second-order valence-corrected chi connectivity index (χ2v) is 9.35. The Balaban J connectivity index is 1.53. The molecule has 1 aromatic rings. The molecule has 2 aliphatic rings. The number of methoxy groups -OCH3 is 2. The van der Waals surface area contributed by atoms with Gasteiger partial charge in [0, 0.05) is 12.6 Å². The van der Waals surface area contributed by atoms with Crippen LogP contribution in [0.2, 0.25) is 0 Å². The van der Waals surface area contributed by atoms with E-state index in [0.717, 1.165) is 42.3 Å². The Morgan fingerprint density at radius 1 is 1.00 bits per heavy atom. The molecule has 0 amide bonds. The number of likely N-dealkylation sites (tertiary alicyclic amines) is 1. The van der Waals surface area contributed by atoms with Crippen molar-refractivity contribution >= 4 is 0 Å². The van der Waals surface area contributed by atoms with Gasteiger partial charge in [0.1, 0.15) is 0 Å². The monoisotopic (exact) mass is 403 g/mol. The standard InChI is InChI=1S/C25H41NO3/c1-18(2)19(3)21-12-14-26(17-21)22-8-6-7-9-23(22)29-15-13-20-10-11-24(27-4)25(16-20)28-5/h10-11,16,18-19,21-23H,6-9,12-15,17H2,1-5H3/t19?,21-,22-,23-/m1/s1. The number of benzene rings is 1. The maximum Gasteiger partial charge on any atom is 0.160 e. The van der Waals surface area contributed by atoms with Gasteiger partial charge in [-0.05, 0) is 67.7 Å². The largest absolute Gasteiger partial charge is 0.493 e. The van der Waals surface area contributed by atoms with Gasteiger partial charge in [-0.15, -0.1) is 0 Å². The number of ether oxygens (including phenoxy) is 3. The Hall–Kier alpha value is -1.26. The van der Waals surface area contributed by atoms with Gasteiger partial charge in [0.25, 0.3) is 0 Å². The van der Waals surface area contributed by atoms with Crippen LogP contribution in [0.25, 0.3) is 0 Å². The highest BCUT2D eigenvalue weighted by Crippen LogP contribution is 2.34. The van der Waals surface area contributed by atoms with E-state index in [1.54, 1.807) is 14.2 Å². The number of nitrogens with zero attached hydrogens (tertiary/aromatic N) is 1. The maximum absolute atomic E-state index is 6.47. The molecule has 0 aromatic heterocycles. The van der Waals surface area contributed by atoms with Crippen molar-refractivity contribution in [3.05, 3.63) is 23.8 Å². The summed E-state index contributed by atoms with van der Waals surface area (Å²) in [6.07, 6.45) is 7.81. The van der Waals surface area contributed by atoms with Crippen molar-refractivity contribution in [3.8, 4) is 11.5 Å². The molecule has 164 valence electrons. The Kier molecular flexibility index (Phi) is 8.25. The number of rotatable bonds is 9. The Morgan fingerprint density at radius 3 is 2.48 bits per heavy atom.